The first-order valence-electron chi connectivity index (χ1n) is 7.02. The van der Waals surface area contributed by atoms with E-state index in [1.165, 1.54) is 0 Å². The lowest BCUT2D eigenvalue weighted by Gasteiger charge is -2.17. The monoisotopic (exact) mass is 303 g/mol. The van der Waals surface area contributed by atoms with Crippen molar-refractivity contribution in [3.63, 3.8) is 0 Å². The van der Waals surface area contributed by atoms with Crippen LogP contribution in [0.5, 0.6) is 0 Å². The van der Waals surface area contributed by atoms with Crippen LogP contribution in [0.3, 0.4) is 0 Å². The van der Waals surface area contributed by atoms with E-state index in [1.807, 2.05) is 66.8 Å². The van der Waals surface area contributed by atoms with E-state index < -0.39 is 0 Å². The number of quaternary nitrogens is 1. The van der Waals surface area contributed by atoms with Crippen molar-refractivity contribution in [1.82, 2.24) is 0 Å². The number of carbonyl (C=O) groups is 1. The molecular weight excluding hydrogens is 284 g/mol. The van der Waals surface area contributed by atoms with Crippen molar-refractivity contribution in [3.05, 3.63) is 65.2 Å². The molecule has 0 saturated heterocycles. The summed E-state index contributed by atoms with van der Waals surface area (Å²) in [7, 11) is 0. The second-order valence-corrected chi connectivity index (χ2v) is 5.61. The van der Waals surface area contributed by atoms with Crippen LogP contribution in [0.1, 0.15) is 25.5 Å². The van der Waals surface area contributed by atoms with Gasteiger partial charge in [-0.1, -0.05) is 41.9 Å². The summed E-state index contributed by atoms with van der Waals surface area (Å²) in [6, 6.07) is 17.2. The zero-order valence-electron chi connectivity index (χ0n) is 12.2. The van der Waals surface area contributed by atoms with Crippen LogP contribution in [0.4, 0.5) is 5.69 Å². The van der Waals surface area contributed by atoms with Crippen LogP contribution in [0, 0.1) is 0 Å². The van der Waals surface area contributed by atoms with Gasteiger partial charge in [-0.2, -0.15) is 0 Å². The first-order chi connectivity index (χ1) is 10.1. The third kappa shape index (κ3) is 4.59. The molecule has 1 amide bonds. The van der Waals surface area contributed by atoms with Crippen molar-refractivity contribution in [2.24, 2.45) is 0 Å². The van der Waals surface area contributed by atoms with Crippen molar-refractivity contribution < 1.29 is 10.1 Å². The minimum Gasteiger partial charge on any atom is -0.330 e. The molecule has 0 spiro atoms. The SMILES string of the molecule is C[C@@H]([NH2+][C@H](C)c1ccc(Cl)cc1)C(=O)Nc1ccccc1. The molecule has 3 N–H and O–H groups in total. The molecule has 0 aliphatic rings. The van der Waals surface area contributed by atoms with E-state index in [4.69, 9.17) is 11.6 Å². The summed E-state index contributed by atoms with van der Waals surface area (Å²) in [5, 5.41) is 5.68. The zero-order valence-corrected chi connectivity index (χ0v) is 13.0. The molecule has 0 unspecified atom stereocenters. The molecule has 0 heterocycles. The molecule has 0 aliphatic carbocycles. The third-order valence-corrected chi connectivity index (χ3v) is 3.68. The van der Waals surface area contributed by atoms with Crippen molar-refractivity contribution in [1.29, 1.82) is 0 Å². The summed E-state index contributed by atoms with van der Waals surface area (Å²) < 4.78 is 0. The molecule has 21 heavy (non-hydrogen) atoms. The van der Waals surface area contributed by atoms with Crippen LogP contribution in [0.2, 0.25) is 5.02 Å². The van der Waals surface area contributed by atoms with Gasteiger partial charge >= 0.3 is 0 Å². The quantitative estimate of drug-likeness (QED) is 0.876. The number of halogens is 1. The third-order valence-electron chi connectivity index (χ3n) is 3.43. The molecule has 110 valence electrons. The highest BCUT2D eigenvalue weighted by Gasteiger charge is 2.20. The second kappa shape index (κ2) is 7.25. The molecule has 0 aliphatic heterocycles. The predicted molar refractivity (Wildman–Crippen MR) is 86.3 cm³/mol. The van der Waals surface area contributed by atoms with E-state index >= 15 is 0 Å². The van der Waals surface area contributed by atoms with Gasteiger partial charge in [-0.3, -0.25) is 4.79 Å². The maximum absolute atomic E-state index is 12.2. The highest BCUT2D eigenvalue weighted by atomic mass is 35.5. The Labute approximate surface area is 130 Å². The number of benzene rings is 2. The Balaban J connectivity index is 1.92. The van der Waals surface area contributed by atoms with E-state index in [9.17, 15) is 4.79 Å². The Kier molecular flexibility index (Phi) is 5.37. The number of para-hydroxylation sites is 1. The Bertz CT molecular complexity index is 583. The van der Waals surface area contributed by atoms with Gasteiger partial charge in [0, 0.05) is 16.3 Å². The number of carbonyl (C=O) groups excluding carboxylic acids is 1. The van der Waals surface area contributed by atoms with Crippen LogP contribution in [-0.4, -0.2) is 11.9 Å². The van der Waals surface area contributed by atoms with Gasteiger partial charge in [0.25, 0.3) is 5.91 Å². The molecule has 0 fully saturated rings. The number of anilines is 1. The fourth-order valence-electron chi connectivity index (χ4n) is 2.18. The van der Waals surface area contributed by atoms with Gasteiger partial charge in [0.1, 0.15) is 6.04 Å². The summed E-state index contributed by atoms with van der Waals surface area (Å²) in [4.78, 5) is 12.2. The van der Waals surface area contributed by atoms with Crippen molar-refractivity contribution in [2.75, 3.05) is 5.32 Å². The molecule has 2 atom stereocenters. The number of amides is 1. The first kappa shape index (κ1) is 15.5. The molecule has 0 radical (unpaired) electrons. The topological polar surface area (TPSA) is 45.7 Å². The van der Waals surface area contributed by atoms with Crippen LogP contribution in [0.25, 0.3) is 0 Å². The second-order valence-electron chi connectivity index (χ2n) is 5.18. The smallest absolute Gasteiger partial charge is 0.282 e. The number of nitrogens with two attached hydrogens (primary N) is 1. The number of rotatable bonds is 5. The van der Waals surface area contributed by atoms with Gasteiger partial charge in [0.2, 0.25) is 0 Å². The van der Waals surface area contributed by atoms with Gasteiger partial charge in [-0.25, -0.2) is 0 Å². The highest BCUT2D eigenvalue weighted by Crippen LogP contribution is 2.13. The standard InChI is InChI=1S/C17H19ClN2O/c1-12(14-8-10-15(18)11-9-14)19-13(2)17(21)20-16-6-4-3-5-7-16/h3-13,19H,1-2H3,(H,20,21)/p+1/t12-,13-/m1/s1. The highest BCUT2D eigenvalue weighted by molar-refractivity contribution is 6.30. The maximum Gasteiger partial charge on any atom is 0.282 e. The fraction of sp³-hybridized carbons (Fsp3) is 0.235. The largest absolute Gasteiger partial charge is 0.330 e. The van der Waals surface area contributed by atoms with Crippen LogP contribution in [0.15, 0.2) is 54.6 Å². The average molecular weight is 304 g/mol. The number of nitrogens with one attached hydrogen (secondary N) is 1. The van der Waals surface area contributed by atoms with Crippen LogP contribution in [-0.2, 0) is 4.79 Å². The van der Waals surface area contributed by atoms with Gasteiger partial charge < -0.3 is 10.6 Å². The van der Waals surface area contributed by atoms with Gasteiger partial charge in [0.05, 0.1) is 0 Å². The number of hydrogen-bond acceptors (Lipinski definition) is 1. The van der Waals surface area contributed by atoms with E-state index in [1.54, 1.807) is 0 Å². The van der Waals surface area contributed by atoms with Crippen LogP contribution >= 0.6 is 11.6 Å². The van der Waals surface area contributed by atoms with E-state index in [0.717, 1.165) is 16.3 Å². The van der Waals surface area contributed by atoms with Gasteiger partial charge in [-0.05, 0) is 38.1 Å². The van der Waals surface area contributed by atoms with Crippen molar-refractivity contribution >= 4 is 23.2 Å². The van der Waals surface area contributed by atoms with E-state index in [0.29, 0.717) is 0 Å². The molecule has 0 aromatic heterocycles. The number of hydrogen-bond donors (Lipinski definition) is 2. The lowest BCUT2D eigenvalue weighted by Crippen LogP contribution is -2.91. The molecular formula is C17H20ClN2O+. The van der Waals surface area contributed by atoms with Crippen LogP contribution < -0.4 is 10.6 Å². The lowest BCUT2D eigenvalue weighted by molar-refractivity contribution is -0.709. The summed E-state index contributed by atoms with van der Waals surface area (Å²) in [6.45, 7) is 3.99. The minimum absolute atomic E-state index is 0.00186. The molecule has 0 bridgehead atoms. The Morgan fingerprint density at radius 2 is 1.67 bits per heavy atom. The maximum atomic E-state index is 12.2. The van der Waals surface area contributed by atoms with Crippen molar-refractivity contribution in [2.45, 2.75) is 25.9 Å². The fourth-order valence-corrected chi connectivity index (χ4v) is 2.30. The Hall–Kier alpha value is -1.84. The van der Waals surface area contributed by atoms with E-state index in [-0.39, 0.29) is 18.0 Å². The summed E-state index contributed by atoms with van der Waals surface area (Å²) in [5.74, 6) is 0.00186. The van der Waals surface area contributed by atoms with Gasteiger partial charge in [-0.15, -0.1) is 0 Å². The summed E-state index contributed by atoms with van der Waals surface area (Å²) in [5.41, 5.74) is 1.97. The molecule has 0 saturated carbocycles. The molecule has 2 rings (SSSR count). The average Bonchev–Trinajstić information content (AvgIpc) is 2.48. The summed E-state index contributed by atoms with van der Waals surface area (Å²) in [6.07, 6.45) is 0. The molecule has 3 nitrogen and oxygen atoms in total. The molecule has 4 heteroatoms. The Morgan fingerprint density at radius 1 is 1.05 bits per heavy atom. The minimum atomic E-state index is -0.170. The summed E-state index contributed by atoms with van der Waals surface area (Å²) >= 11 is 5.89. The lowest BCUT2D eigenvalue weighted by atomic mass is 10.1. The molecule has 2 aromatic rings. The van der Waals surface area contributed by atoms with E-state index in [2.05, 4.69) is 12.2 Å². The predicted octanol–water partition coefficient (Wildman–Crippen LogP) is 2.99. The zero-order chi connectivity index (χ0) is 15.2. The normalized spacial score (nSPS) is 13.5. The van der Waals surface area contributed by atoms with Gasteiger partial charge in [0.15, 0.2) is 6.04 Å². The molecule has 2 aromatic carbocycles. The Morgan fingerprint density at radius 3 is 2.29 bits per heavy atom. The first-order valence-corrected chi connectivity index (χ1v) is 7.40. The van der Waals surface area contributed by atoms with Crippen molar-refractivity contribution in [3.8, 4) is 0 Å².